The summed E-state index contributed by atoms with van der Waals surface area (Å²) in [6, 6.07) is 6.02. The number of hydrogen-bond donors (Lipinski definition) is 0. The van der Waals surface area contributed by atoms with Crippen LogP contribution in [0.1, 0.15) is 5.56 Å². The third kappa shape index (κ3) is 1.89. The fourth-order valence-corrected chi connectivity index (χ4v) is 2.43. The number of rotatable bonds is 1. The van der Waals surface area contributed by atoms with Gasteiger partial charge in [0.25, 0.3) is 0 Å². The van der Waals surface area contributed by atoms with Gasteiger partial charge in [-0.15, -0.1) is 0 Å². The molecule has 4 nitrogen and oxygen atoms in total. The highest BCUT2D eigenvalue weighted by molar-refractivity contribution is 5.85. The monoisotopic (exact) mass is 232 g/mol. The first-order valence-electron chi connectivity index (χ1n) is 6.00. The number of para-hydroxylation sites is 1. The number of carbonyl (C=O) groups excluding carboxylic acids is 1. The lowest BCUT2D eigenvalue weighted by atomic mass is 10.1. The maximum atomic E-state index is 11.3. The molecule has 0 amide bonds. The zero-order chi connectivity index (χ0) is 11.8. The maximum absolute atomic E-state index is 11.3. The van der Waals surface area contributed by atoms with E-state index in [-0.39, 0.29) is 5.97 Å². The Morgan fingerprint density at radius 3 is 2.71 bits per heavy atom. The molecule has 0 saturated carbocycles. The van der Waals surface area contributed by atoms with Gasteiger partial charge in [0, 0.05) is 31.7 Å². The number of fused-ring (bicyclic) bond motifs is 1. The smallest absolute Gasteiger partial charge is 0.315 e. The second kappa shape index (κ2) is 4.04. The summed E-state index contributed by atoms with van der Waals surface area (Å²) in [7, 11) is 2.13. The Bertz CT molecular complexity index is 451. The first kappa shape index (κ1) is 10.6. The van der Waals surface area contributed by atoms with Crippen molar-refractivity contribution >= 4 is 11.7 Å². The lowest BCUT2D eigenvalue weighted by Crippen LogP contribution is -2.44. The molecule has 1 aromatic carbocycles. The Morgan fingerprint density at radius 1 is 1.18 bits per heavy atom. The SMILES string of the molecule is CN1CCN(c2cccc3c2OC(=O)C3)CC1. The van der Waals surface area contributed by atoms with Gasteiger partial charge in [0.1, 0.15) is 0 Å². The molecule has 17 heavy (non-hydrogen) atoms. The summed E-state index contributed by atoms with van der Waals surface area (Å²) in [4.78, 5) is 16.0. The maximum Gasteiger partial charge on any atom is 0.315 e. The van der Waals surface area contributed by atoms with Crippen molar-refractivity contribution in [1.82, 2.24) is 4.90 Å². The molecule has 4 heteroatoms. The molecular weight excluding hydrogens is 216 g/mol. The number of likely N-dealkylation sites (N-methyl/N-ethyl adjacent to an activating group) is 1. The highest BCUT2D eigenvalue weighted by atomic mass is 16.5. The van der Waals surface area contributed by atoms with E-state index in [0.29, 0.717) is 6.42 Å². The minimum absolute atomic E-state index is 0.137. The quantitative estimate of drug-likeness (QED) is 0.532. The van der Waals surface area contributed by atoms with E-state index in [1.165, 1.54) is 0 Å². The van der Waals surface area contributed by atoms with Crippen molar-refractivity contribution in [3.63, 3.8) is 0 Å². The van der Waals surface area contributed by atoms with Crippen LogP contribution in [-0.4, -0.2) is 44.1 Å². The number of ether oxygens (including phenoxy) is 1. The minimum atomic E-state index is -0.137. The number of esters is 1. The largest absolute Gasteiger partial charge is 0.424 e. The van der Waals surface area contributed by atoms with E-state index in [4.69, 9.17) is 4.74 Å². The molecule has 1 fully saturated rings. The molecule has 2 heterocycles. The van der Waals surface area contributed by atoms with Gasteiger partial charge in [0.15, 0.2) is 5.75 Å². The zero-order valence-corrected chi connectivity index (χ0v) is 9.98. The van der Waals surface area contributed by atoms with Crippen LogP contribution in [0.5, 0.6) is 5.75 Å². The van der Waals surface area contributed by atoms with Crippen molar-refractivity contribution in [3.8, 4) is 5.75 Å². The molecule has 90 valence electrons. The normalized spacial score (nSPS) is 20.3. The fraction of sp³-hybridized carbons (Fsp3) is 0.462. The fourth-order valence-electron chi connectivity index (χ4n) is 2.43. The summed E-state index contributed by atoms with van der Waals surface area (Å²) in [5, 5.41) is 0. The van der Waals surface area contributed by atoms with Gasteiger partial charge in [0.05, 0.1) is 12.1 Å². The Hall–Kier alpha value is -1.55. The molecule has 0 unspecified atom stereocenters. The molecule has 1 aromatic rings. The van der Waals surface area contributed by atoms with E-state index < -0.39 is 0 Å². The van der Waals surface area contributed by atoms with Crippen LogP contribution in [0.3, 0.4) is 0 Å². The van der Waals surface area contributed by atoms with Crippen LogP contribution < -0.4 is 9.64 Å². The van der Waals surface area contributed by atoms with E-state index in [2.05, 4.69) is 16.8 Å². The third-order valence-corrected chi connectivity index (χ3v) is 3.47. The number of hydrogen-bond acceptors (Lipinski definition) is 4. The average molecular weight is 232 g/mol. The number of carbonyl (C=O) groups is 1. The van der Waals surface area contributed by atoms with Gasteiger partial charge in [-0.2, -0.15) is 0 Å². The summed E-state index contributed by atoms with van der Waals surface area (Å²) in [6.45, 7) is 4.09. The van der Waals surface area contributed by atoms with E-state index in [1.807, 2.05) is 18.2 Å². The number of anilines is 1. The summed E-state index contributed by atoms with van der Waals surface area (Å²) >= 11 is 0. The van der Waals surface area contributed by atoms with Gasteiger partial charge in [-0.1, -0.05) is 12.1 Å². The van der Waals surface area contributed by atoms with Gasteiger partial charge in [-0.05, 0) is 13.1 Å². The molecule has 0 bridgehead atoms. The first-order valence-corrected chi connectivity index (χ1v) is 6.00. The van der Waals surface area contributed by atoms with Gasteiger partial charge in [-0.3, -0.25) is 4.79 Å². The molecule has 2 aliphatic rings. The summed E-state index contributed by atoms with van der Waals surface area (Å²) < 4.78 is 5.32. The van der Waals surface area contributed by atoms with Crippen molar-refractivity contribution in [2.45, 2.75) is 6.42 Å². The summed E-state index contributed by atoms with van der Waals surface area (Å²) in [5.74, 6) is 0.642. The highest BCUT2D eigenvalue weighted by Gasteiger charge is 2.26. The van der Waals surface area contributed by atoms with Crippen LogP contribution in [0.15, 0.2) is 18.2 Å². The van der Waals surface area contributed by atoms with Crippen LogP contribution in [0.2, 0.25) is 0 Å². The summed E-state index contributed by atoms with van der Waals surface area (Å²) in [5.41, 5.74) is 2.09. The molecule has 0 aliphatic carbocycles. The lowest BCUT2D eigenvalue weighted by Gasteiger charge is -2.34. The number of nitrogens with zero attached hydrogens (tertiary/aromatic N) is 2. The van der Waals surface area contributed by atoms with Crippen LogP contribution in [0.25, 0.3) is 0 Å². The summed E-state index contributed by atoms with van der Waals surface area (Å²) in [6.07, 6.45) is 0.414. The van der Waals surface area contributed by atoms with Crippen LogP contribution in [0, 0.1) is 0 Å². The Morgan fingerprint density at radius 2 is 1.94 bits per heavy atom. The molecule has 3 rings (SSSR count). The molecular formula is C13H16N2O2. The molecule has 0 radical (unpaired) electrons. The van der Waals surface area contributed by atoms with Crippen LogP contribution >= 0.6 is 0 Å². The molecule has 2 aliphatic heterocycles. The van der Waals surface area contributed by atoms with E-state index >= 15 is 0 Å². The van der Waals surface area contributed by atoms with Gasteiger partial charge in [0.2, 0.25) is 0 Å². The van der Waals surface area contributed by atoms with Crippen molar-refractivity contribution in [2.24, 2.45) is 0 Å². The van der Waals surface area contributed by atoms with Gasteiger partial charge >= 0.3 is 5.97 Å². The number of benzene rings is 1. The Labute approximate surface area is 101 Å². The standard InChI is InChI=1S/C13H16N2O2/c1-14-5-7-15(8-6-14)11-4-2-3-10-9-12(16)17-13(10)11/h2-4H,5-9H2,1H3. The van der Waals surface area contributed by atoms with Gasteiger partial charge < -0.3 is 14.5 Å². The zero-order valence-electron chi connectivity index (χ0n) is 9.98. The Kier molecular flexibility index (Phi) is 2.52. The molecule has 0 spiro atoms. The minimum Gasteiger partial charge on any atom is -0.424 e. The van der Waals surface area contributed by atoms with Crippen molar-refractivity contribution in [3.05, 3.63) is 23.8 Å². The molecule has 1 saturated heterocycles. The molecule has 0 atom stereocenters. The predicted molar refractivity (Wildman–Crippen MR) is 65.5 cm³/mol. The predicted octanol–water partition coefficient (Wildman–Crippen LogP) is 0.900. The number of piperazine rings is 1. The third-order valence-electron chi connectivity index (χ3n) is 3.47. The van der Waals surface area contributed by atoms with Crippen molar-refractivity contribution in [2.75, 3.05) is 38.1 Å². The lowest BCUT2D eigenvalue weighted by molar-refractivity contribution is -0.131. The average Bonchev–Trinajstić information content (AvgIpc) is 2.70. The van der Waals surface area contributed by atoms with Crippen LogP contribution in [-0.2, 0) is 11.2 Å². The van der Waals surface area contributed by atoms with Crippen LogP contribution in [0.4, 0.5) is 5.69 Å². The van der Waals surface area contributed by atoms with E-state index in [1.54, 1.807) is 0 Å². The van der Waals surface area contributed by atoms with Crippen molar-refractivity contribution < 1.29 is 9.53 Å². The van der Waals surface area contributed by atoms with E-state index in [9.17, 15) is 4.79 Å². The van der Waals surface area contributed by atoms with E-state index in [0.717, 1.165) is 43.2 Å². The molecule has 0 aromatic heterocycles. The second-order valence-electron chi connectivity index (χ2n) is 4.71. The Balaban J connectivity index is 1.89. The van der Waals surface area contributed by atoms with Crippen molar-refractivity contribution in [1.29, 1.82) is 0 Å². The molecule has 0 N–H and O–H groups in total. The first-order chi connectivity index (χ1) is 8.24. The highest BCUT2D eigenvalue weighted by Crippen LogP contribution is 2.36. The second-order valence-corrected chi connectivity index (χ2v) is 4.71. The topological polar surface area (TPSA) is 32.8 Å². The van der Waals surface area contributed by atoms with Gasteiger partial charge in [-0.25, -0.2) is 0 Å².